The molecule has 4 nitrogen and oxygen atoms in total. The first-order valence-corrected chi connectivity index (χ1v) is 7.27. The predicted octanol–water partition coefficient (Wildman–Crippen LogP) is 1.74. The molecular formula is C15H21N3O. The Morgan fingerprint density at radius 2 is 2.32 bits per heavy atom. The van der Waals surface area contributed by atoms with Gasteiger partial charge in [0.15, 0.2) is 0 Å². The zero-order valence-electron chi connectivity index (χ0n) is 11.2. The summed E-state index contributed by atoms with van der Waals surface area (Å²) in [6, 6.07) is 4.28. The molecule has 3 heterocycles. The Hall–Kier alpha value is -1.42. The first-order valence-electron chi connectivity index (χ1n) is 7.27. The van der Waals surface area contributed by atoms with Crippen molar-refractivity contribution in [1.29, 1.82) is 0 Å². The van der Waals surface area contributed by atoms with E-state index in [0.717, 1.165) is 45.3 Å². The fraction of sp³-hybridized carbons (Fsp3) is 0.600. The summed E-state index contributed by atoms with van der Waals surface area (Å²) in [5.74, 6) is 0.504. The van der Waals surface area contributed by atoms with Gasteiger partial charge in [0.25, 0.3) is 0 Å². The van der Waals surface area contributed by atoms with Crippen LogP contribution >= 0.6 is 0 Å². The van der Waals surface area contributed by atoms with Crippen LogP contribution < -0.4 is 5.32 Å². The van der Waals surface area contributed by atoms with E-state index in [1.807, 2.05) is 12.3 Å². The van der Waals surface area contributed by atoms with Gasteiger partial charge in [0.05, 0.1) is 12.0 Å². The van der Waals surface area contributed by atoms with Crippen LogP contribution in [0.25, 0.3) is 0 Å². The van der Waals surface area contributed by atoms with E-state index in [1.54, 1.807) is 6.20 Å². The van der Waals surface area contributed by atoms with Gasteiger partial charge < -0.3 is 10.2 Å². The number of hydrogen-bond donors (Lipinski definition) is 1. The molecule has 1 aromatic heterocycles. The fourth-order valence-corrected chi connectivity index (χ4v) is 3.25. The van der Waals surface area contributed by atoms with Crippen LogP contribution in [0.1, 0.15) is 37.3 Å². The van der Waals surface area contributed by atoms with Crippen LogP contribution in [0.3, 0.4) is 0 Å². The van der Waals surface area contributed by atoms with Crippen LogP contribution in [0.4, 0.5) is 0 Å². The summed E-state index contributed by atoms with van der Waals surface area (Å²) in [5, 5.41) is 3.33. The normalized spacial score (nSPS) is 27.5. The lowest BCUT2D eigenvalue weighted by molar-refractivity contribution is -0.137. The third kappa shape index (κ3) is 2.63. The molecule has 3 rings (SSSR count). The molecule has 1 N–H and O–H groups in total. The molecule has 0 aromatic carbocycles. The van der Waals surface area contributed by atoms with Crippen molar-refractivity contribution in [1.82, 2.24) is 15.2 Å². The van der Waals surface area contributed by atoms with Crippen molar-refractivity contribution in [2.75, 3.05) is 19.6 Å². The van der Waals surface area contributed by atoms with E-state index >= 15 is 0 Å². The number of aromatic nitrogens is 1. The maximum atomic E-state index is 12.6. The molecule has 0 radical (unpaired) electrons. The Bertz CT molecular complexity index is 428. The monoisotopic (exact) mass is 259 g/mol. The largest absolute Gasteiger partial charge is 0.335 e. The second-order valence-electron chi connectivity index (χ2n) is 5.52. The first-order chi connectivity index (χ1) is 9.36. The minimum atomic E-state index is 0.172. The van der Waals surface area contributed by atoms with Crippen LogP contribution in [0.15, 0.2) is 24.5 Å². The highest BCUT2D eigenvalue weighted by Gasteiger charge is 2.34. The average Bonchev–Trinajstić information content (AvgIpc) is 2.98. The van der Waals surface area contributed by atoms with E-state index in [0.29, 0.717) is 5.91 Å². The molecule has 2 aliphatic heterocycles. The number of likely N-dealkylation sites (tertiary alicyclic amines) is 1. The zero-order valence-corrected chi connectivity index (χ0v) is 11.2. The van der Waals surface area contributed by atoms with Crippen molar-refractivity contribution < 1.29 is 4.79 Å². The minimum absolute atomic E-state index is 0.172. The van der Waals surface area contributed by atoms with Crippen LogP contribution in [-0.4, -0.2) is 35.4 Å². The van der Waals surface area contributed by atoms with Gasteiger partial charge in [0.1, 0.15) is 0 Å². The Balaban J connectivity index is 1.74. The number of rotatable bonds is 2. The van der Waals surface area contributed by atoms with Gasteiger partial charge in [-0.3, -0.25) is 9.78 Å². The summed E-state index contributed by atoms with van der Waals surface area (Å²) >= 11 is 0. The van der Waals surface area contributed by atoms with E-state index in [9.17, 15) is 4.79 Å². The average molecular weight is 259 g/mol. The molecule has 0 bridgehead atoms. The van der Waals surface area contributed by atoms with Gasteiger partial charge >= 0.3 is 0 Å². The molecule has 2 fully saturated rings. The summed E-state index contributed by atoms with van der Waals surface area (Å²) in [6.45, 7) is 2.79. The van der Waals surface area contributed by atoms with Crippen molar-refractivity contribution in [3.05, 3.63) is 30.1 Å². The molecule has 0 aliphatic carbocycles. The van der Waals surface area contributed by atoms with Crippen molar-refractivity contribution in [2.24, 2.45) is 5.92 Å². The van der Waals surface area contributed by atoms with E-state index in [-0.39, 0.29) is 12.0 Å². The van der Waals surface area contributed by atoms with Crippen LogP contribution in [-0.2, 0) is 4.79 Å². The molecule has 4 heteroatoms. The molecule has 0 spiro atoms. The maximum absolute atomic E-state index is 12.6. The quantitative estimate of drug-likeness (QED) is 0.880. The number of piperidine rings is 1. The van der Waals surface area contributed by atoms with Crippen LogP contribution in [0.2, 0.25) is 0 Å². The lowest BCUT2D eigenvalue weighted by Gasteiger charge is -2.31. The Labute approximate surface area is 114 Å². The molecule has 2 aliphatic rings. The number of nitrogens with zero attached hydrogens (tertiary/aromatic N) is 2. The van der Waals surface area contributed by atoms with E-state index in [2.05, 4.69) is 21.3 Å². The Kier molecular flexibility index (Phi) is 3.78. The second kappa shape index (κ2) is 5.70. The maximum Gasteiger partial charge on any atom is 0.227 e. The number of carbonyl (C=O) groups is 1. The molecule has 2 atom stereocenters. The summed E-state index contributed by atoms with van der Waals surface area (Å²) in [7, 11) is 0. The van der Waals surface area contributed by atoms with E-state index < -0.39 is 0 Å². The molecule has 2 unspecified atom stereocenters. The number of hydrogen-bond acceptors (Lipinski definition) is 3. The lowest BCUT2D eigenvalue weighted by Crippen LogP contribution is -2.42. The van der Waals surface area contributed by atoms with Gasteiger partial charge in [0.2, 0.25) is 5.91 Å². The van der Waals surface area contributed by atoms with Crippen molar-refractivity contribution in [3.8, 4) is 0 Å². The summed E-state index contributed by atoms with van der Waals surface area (Å²) < 4.78 is 0. The number of amides is 1. The summed E-state index contributed by atoms with van der Waals surface area (Å²) in [6.07, 6.45) is 8.00. The molecular weight excluding hydrogens is 238 g/mol. The standard InChI is InChI=1S/C15H21N3O/c19-15(13-5-2-8-17-11-13)18-9-3-6-14(18)12-4-1-7-16-10-12/h1,4,7,10,13-14,17H,2-3,5-6,8-9,11H2. The minimum Gasteiger partial charge on any atom is -0.335 e. The summed E-state index contributed by atoms with van der Waals surface area (Å²) in [4.78, 5) is 18.9. The highest BCUT2D eigenvalue weighted by molar-refractivity contribution is 5.80. The SMILES string of the molecule is O=C(C1CCCNC1)N1CCCC1c1cccnc1. The van der Waals surface area contributed by atoms with Crippen molar-refractivity contribution in [2.45, 2.75) is 31.7 Å². The molecule has 1 aromatic rings. The van der Waals surface area contributed by atoms with Crippen molar-refractivity contribution >= 4 is 5.91 Å². The Morgan fingerprint density at radius 1 is 1.37 bits per heavy atom. The van der Waals surface area contributed by atoms with Gasteiger partial charge in [-0.05, 0) is 43.9 Å². The lowest BCUT2D eigenvalue weighted by atomic mass is 9.97. The van der Waals surface area contributed by atoms with Gasteiger partial charge in [0, 0.05) is 25.5 Å². The van der Waals surface area contributed by atoms with Crippen molar-refractivity contribution in [3.63, 3.8) is 0 Å². The van der Waals surface area contributed by atoms with Gasteiger partial charge in [-0.15, -0.1) is 0 Å². The van der Waals surface area contributed by atoms with E-state index in [4.69, 9.17) is 0 Å². The number of pyridine rings is 1. The predicted molar refractivity (Wildman–Crippen MR) is 73.5 cm³/mol. The molecule has 102 valence electrons. The molecule has 0 saturated carbocycles. The van der Waals surface area contributed by atoms with Gasteiger partial charge in [-0.2, -0.15) is 0 Å². The Morgan fingerprint density at radius 3 is 3.05 bits per heavy atom. The zero-order chi connectivity index (χ0) is 13.1. The first kappa shape index (κ1) is 12.6. The van der Waals surface area contributed by atoms with E-state index in [1.165, 1.54) is 5.56 Å². The smallest absolute Gasteiger partial charge is 0.227 e. The highest BCUT2D eigenvalue weighted by atomic mass is 16.2. The number of nitrogens with one attached hydrogen (secondary N) is 1. The summed E-state index contributed by atoms with van der Waals surface area (Å²) in [5.41, 5.74) is 1.18. The second-order valence-corrected chi connectivity index (χ2v) is 5.52. The van der Waals surface area contributed by atoms with Gasteiger partial charge in [-0.25, -0.2) is 0 Å². The van der Waals surface area contributed by atoms with Gasteiger partial charge in [-0.1, -0.05) is 6.07 Å². The third-order valence-corrected chi connectivity index (χ3v) is 4.25. The molecule has 1 amide bonds. The van der Waals surface area contributed by atoms with Crippen LogP contribution in [0, 0.1) is 5.92 Å². The molecule has 19 heavy (non-hydrogen) atoms. The third-order valence-electron chi connectivity index (χ3n) is 4.25. The topological polar surface area (TPSA) is 45.2 Å². The molecule has 2 saturated heterocycles. The number of carbonyl (C=O) groups excluding carboxylic acids is 1. The van der Waals surface area contributed by atoms with Crippen LogP contribution in [0.5, 0.6) is 0 Å². The fourth-order valence-electron chi connectivity index (χ4n) is 3.25. The highest BCUT2D eigenvalue weighted by Crippen LogP contribution is 2.33.